The zero-order chi connectivity index (χ0) is 7.28. The van der Waals surface area contributed by atoms with Crippen LogP contribution < -0.4 is 0 Å². The number of carbonyl (C=O) groups is 1. The first kappa shape index (κ1) is 8.37. The number of hydrogen-bond donors (Lipinski definition) is 1. The molecule has 0 amide bonds. The summed E-state index contributed by atoms with van der Waals surface area (Å²) in [4.78, 5) is 9.98. The van der Waals surface area contributed by atoms with Crippen molar-refractivity contribution in [3.05, 3.63) is 12.2 Å². The molecule has 0 rings (SSSR count). The third kappa shape index (κ3) is 3.91. The summed E-state index contributed by atoms with van der Waals surface area (Å²) in [7, 11) is 0. The van der Waals surface area contributed by atoms with E-state index >= 15 is 0 Å². The molecule has 2 heteroatoms. The van der Waals surface area contributed by atoms with Crippen LogP contribution in [0.1, 0.15) is 13.3 Å². The van der Waals surface area contributed by atoms with Crippen LogP contribution in [0.15, 0.2) is 12.2 Å². The molecule has 2 nitrogen and oxygen atoms in total. The summed E-state index contributed by atoms with van der Waals surface area (Å²) in [6.07, 6.45) is 1.33. The molecule has 0 heterocycles. The van der Waals surface area contributed by atoms with Gasteiger partial charge >= 0.3 is 0 Å². The predicted molar refractivity (Wildman–Crippen MR) is 36.1 cm³/mol. The molecular weight excluding hydrogens is 116 g/mol. The van der Waals surface area contributed by atoms with Gasteiger partial charge < -0.3 is 5.11 Å². The quantitative estimate of drug-likeness (QED) is 0.448. The number of aliphatic hydroxyl groups excluding tert-OH is 1. The Hall–Kier alpha value is -0.630. The van der Waals surface area contributed by atoms with Gasteiger partial charge in [0.2, 0.25) is 0 Å². The second kappa shape index (κ2) is 4.27. The average molecular weight is 128 g/mol. The SMILES string of the molecule is C=C(C=O)CC(C)CO. The van der Waals surface area contributed by atoms with Crippen molar-refractivity contribution >= 4 is 6.29 Å². The Balaban J connectivity index is 3.46. The number of aldehydes is 1. The van der Waals surface area contributed by atoms with Crippen LogP contribution in [-0.4, -0.2) is 18.0 Å². The summed E-state index contributed by atoms with van der Waals surface area (Å²) >= 11 is 0. The molecule has 0 bridgehead atoms. The fourth-order valence-electron chi connectivity index (χ4n) is 0.560. The number of allylic oxidation sites excluding steroid dienone is 1. The minimum atomic E-state index is 0.118. The van der Waals surface area contributed by atoms with E-state index in [0.717, 1.165) is 6.29 Å². The molecule has 52 valence electrons. The van der Waals surface area contributed by atoms with Gasteiger partial charge in [0.1, 0.15) is 6.29 Å². The van der Waals surface area contributed by atoms with E-state index in [0.29, 0.717) is 12.0 Å². The maximum absolute atomic E-state index is 9.98. The number of hydrogen-bond acceptors (Lipinski definition) is 2. The van der Waals surface area contributed by atoms with E-state index in [1.54, 1.807) is 0 Å². The summed E-state index contributed by atoms with van der Waals surface area (Å²) in [6.45, 7) is 5.47. The van der Waals surface area contributed by atoms with Crippen LogP contribution in [0.4, 0.5) is 0 Å². The second-order valence-corrected chi connectivity index (χ2v) is 2.27. The Morgan fingerprint density at radius 3 is 2.78 bits per heavy atom. The van der Waals surface area contributed by atoms with E-state index in [-0.39, 0.29) is 12.5 Å². The molecule has 0 aliphatic heterocycles. The lowest BCUT2D eigenvalue weighted by Crippen LogP contribution is -2.01. The first-order valence-electron chi connectivity index (χ1n) is 2.94. The highest BCUT2D eigenvalue weighted by Crippen LogP contribution is 2.05. The highest BCUT2D eigenvalue weighted by Gasteiger charge is 2.00. The van der Waals surface area contributed by atoms with Gasteiger partial charge in [-0.3, -0.25) is 4.79 Å². The van der Waals surface area contributed by atoms with E-state index in [2.05, 4.69) is 6.58 Å². The molecule has 0 spiro atoms. The van der Waals surface area contributed by atoms with Crippen molar-refractivity contribution in [2.75, 3.05) is 6.61 Å². The molecule has 0 aromatic rings. The maximum Gasteiger partial charge on any atom is 0.145 e. The first-order valence-corrected chi connectivity index (χ1v) is 2.94. The fourth-order valence-corrected chi connectivity index (χ4v) is 0.560. The summed E-state index contributed by atoms with van der Waals surface area (Å²) in [5.41, 5.74) is 0.552. The van der Waals surface area contributed by atoms with E-state index in [1.807, 2.05) is 6.92 Å². The third-order valence-corrected chi connectivity index (χ3v) is 1.09. The van der Waals surface area contributed by atoms with Crippen LogP contribution in [-0.2, 0) is 4.79 Å². The smallest absolute Gasteiger partial charge is 0.145 e. The van der Waals surface area contributed by atoms with Crippen LogP contribution in [0.3, 0.4) is 0 Å². The third-order valence-electron chi connectivity index (χ3n) is 1.09. The molecule has 0 fully saturated rings. The lowest BCUT2D eigenvalue weighted by Gasteiger charge is -2.03. The molecular formula is C7H12O2. The molecule has 0 aliphatic carbocycles. The Kier molecular flexibility index (Phi) is 3.97. The molecule has 0 aromatic carbocycles. The fraction of sp³-hybridized carbons (Fsp3) is 0.571. The Morgan fingerprint density at radius 1 is 1.89 bits per heavy atom. The van der Waals surface area contributed by atoms with Crippen LogP contribution in [0.25, 0.3) is 0 Å². The summed E-state index contributed by atoms with van der Waals surface area (Å²) in [5, 5.41) is 8.52. The normalized spacial score (nSPS) is 12.7. The van der Waals surface area contributed by atoms with Gasteiger partial charge in [0.15, 0.2) is 0 Å². The molecule has 0 saturated heterocycles. The minimum absolute atomic E-state index is 0.118. The monoisotopic (exact) mass is 128 g/mol. The van der Waals surface area contributed by atoms with Crippen molar-refractivity contribution in [3.63, 3.8) is 0 Å². The molecule has 1 atom stereocenters. The van der Waals surface area contributed by atoms with E-state index in [4.69, 9.17) is 5.11 Å². The summed E-state index contributed by atoms with van der Waals surface area (Å²) < 4.78 is 0. The Bertz CT molecular complexity index is 107. The van der Waals surface area contributed by atoms with Crippen molar-refractivity contribution in [2.24, 2.45) is 5.92 Å². The van der Waals surface area contributed by atoms with Crippen LogP contribution in [0.5, 0.6) is 0 Å². The van der Waals surface area contributed by atoms with Crippen LogP contribution in [0, 0.1) is 5.92 Å². The number of rotatable bonds is 4. The highest BCUT2D eigenvalue weighted by atomic mass is 16.3. The zero-order valence-electron chi connectivity index (χ0n) is 5.63. The average Bonchev–Trinajstić information content (AvgIpc) is 1.87. The summed E-state index contributed by atoms with van der Waals surface area (Å²) in [5.74, 6) is 0.155. The van der Waals surface area contributed by atoms with Gasteiger partial charge in [0.25, 0.3) is 0 Å². The lowest BCUT2D eigenvalue weighted by molar-refractivity contribution is -0.105. The zero-order valence-corrected chi connectivity index (χ0v) is 5.63. The number of carbonyl (C=O) groups excluding carboxylic acids is 1. The van der Waals surface area contributed by atoms with Gasteiger partial charge in [0, 0.05) is 6.61 Å². The van der Waals surface area contributed by atoms with E-state index in [1.165, 1.54) is 0 Å². The Morgan fingerprint density at radius 2 is 2.44 bits per heavy atom. The Labute approximate surface area is 55.2 Å². The largest absolute Gasteiger partial charge is 0.396 e. The van der Waals surface area contributed by atoms with Crippen molar-refractivity contribution in [1.82, 2.24) is 0 Å². The highest BCUT2D eigenvalue weighted by molar-refractivity contribution is 5.71. The molecule has 0 aliphatic rings. The lowest BCUT2D eigenvalue weighted by atomic mass is 10.0. The van der Waals surface area contributed by atoms with E-state index in [9.17, 15) is 4.79 Å². The minimum Gasteiger partial charge on any atom is -0.396 e. The standard InChI is InChI=1S/C7H12O2/c1-6(4-8)3-7(2)5-9/h4,7,9H,1,3,5H2,2H3. The van der Waals surface area contributed by atoms with Gasteiger partial charge in [0.05, 0.1) is 0 Å². The molecule has 0 saturated carbocycles. The van der Waals surface area contributed by atoms with Crippen molar-refractivity contribution in [1.29, 1.82) is 0 Å². The molecule has 1 unspecified atom stereocenters. The topological polar surface area (TPSA) is 37.3 Å². The molecule has 9 heavy (non-hydrogen) atoms. The van der Waals surface area contributed by atoms with E-state index < -0.39 is 0 Å². The van der Waals surface area contributed by atoms with Crippen molar-refractivity contribution < 1.29 is 9.90 Å². The van der Waals surface area contributed by atoms with Crippen molar-refractivity contribution in [2.45, 2.75) is 13.3 Å². The maximum atomic E-state index is 9.98. The van der Waals surface area contributed by atoms with Crippen LogP contribution in [0.2, 0.25) is 0 Å². The van der Waals surface area contributed by atoms with Gasteiger partial charge in [-0.1, -0.05) is 13.5 Å². The van der Waals surface area contributed by atoms with Gasteiger partial charge in [-0.05, 0) is 17.9 Å². The van der Waals surface area contributed by atoms with Crippen molar-refractivity contribution in [3.8, 4) is 0 Å². The molecule has 0 aromatic heterocycles. The predicted octanol–water partition coefficient (Wildman–Crippen LogP) is 0.760. The first-order chi connectivity index (χ1) is 4.20. The summed E-state index contributed by atoms with van der Waals surface area (Å²) in [6, 6.07) is 0. The molecule has 0 radical (unpaired) electrons. The van der Waals surface area contributed by atoms with Gasteiger partial charge in [-0.2, -0.15) is 0 Å². The number of aliphatic hydroxyl groups is 1. The second-order valence-electron chi connectivity index (χ2n) is 2.27. The van der Waals surface area contributed by atoms with Gasteiger partial charge in [-0.15, -0.1) is 0 Å². The molecule has 1 N–H and O–H groups in total. The van der Waals surface area contributed by atoms with Crippen LogP contribution >= 0.6 is 0 Å². The van der Waals surface area contributed by atoms with Gasteiger partial charge in [-0.25, -0.2) is 0 Å².